The van der Waals surface area contributed by atoms with Crippen LogP contribution in [0, 0.1) is 6.92 Å². The SMILES string of the molecule is CCN(Cc1ccccn1)C(=O)c1cc(C)cc(N)c1. The number of anilines is 1. The summed E-state index contributed by atoms with van der Waals surface area (Å²) in [4.78, 5) is 18.5. The fourth-order valence-electron chi connectivity index (χ4n) is 2.13. The lowest BCUT2D eigenvalue weighted by Gasteiger charge is -2.21. The second-order valence-electron chi connectivity index (χ2n) is 4.77. The number of amides is 1. The van der Waals surface area contributed by atoms with Crippen molar-refractivity contribution in [3.8, 4) is 0 Å². The van der Waals surface area contributed by atoms with E-state index < -0.39 is 0 Å². The number of nitrogen functional groups attached to an aromatic ring is 1. The predicted octanol–water partition coefficient (Wildman–Crippen LogP) is 2.63. The van der Waals surface area contributed by atoms with Crippen molar-refractivity contribution in [3.05, 3.63) is 59.4 Å². The van der Waals surface area contributed by atoms with Gasteiger partial charge in [0, 0.05) is 24.0 Å². The van der Waals surface area contributed by atoms with Gasteiger partial charge < -0.3 is 10.6 Å². The van der Waals surface area contributed by atoms with Crippen molar-refractivity contribution >= 4 is 11.6 Å². The Labute approximate surface area is 119 Å². The lowest BCUT2D eigenvalue weighted by molar-refractivity contribution is 0.0750. The molecule has 0 spiro atoms. The number of aryl methyl sites for hydroxylation is 1. The summed E-state index contributed by atoms with van der Waals surface area (Å²) in [6.45, 7) is 5.02. The summed E-state index contributed by atoms with van der Waals surface area (Å²) in [5.74, 6) is -0.0199. The molecule has 1 amide bonds. The zero-order valence-electron chi connectivity index (χ0n) is 11.8. The van der Waals surface area contributed by atoms with Crippen molar-refractivity contribution in [1.29, 1.82) is 0 Å². The molecule has 0 aliphatic heterocycles. The molecule has 20 heavy (non-hydrogen) atoms. The highest BCUT2D eigenvalue weighted by Crippen LogP contribution is 2.14. The van der Waals surface area contributed by atoms with E-state index in [0.717, 1.165) is 11.3 Å². The highest BCUT2D eigenvalue weighted by Gasteiger charge is 2.15. The van der Waals surface area contributed by atoms with E-state index in [1.165, 1.54) is 0 Å². The number of pyridine rings is 1. The Kier molecular flexibility index (Phi) is 4.35. The van der Waals surface area contributed by atoms with Gasteiger partial charge in [-0.15, -0.1) is 0 Å². The third kappa shape index (κ3) is 3.35. The van der Waals surface area contributed by atoms with Crippen molar-refractivity contribution in [2.75, 3.05) is 12.3 Å². The molecule has 1 heterocycles. The molecule has 0 radical (unpaired) electrons. The number of rotatable bonds is 4. The molecule has 2 N–H and O–H groups in total. The van der Waals surface area contributed by atoms with Gasteiger partial charge in [-0.1, -0.05) is 6.07 Å². The van der Waals surface area contributed by atoms with Crippen LogP contribution in [0.5, 0.6) is 0 Å². The Hall–Kier alpha value is -2.36. The number of nitrogens with two attached hydrogens (primary N) is 1. The number of nitrogens with zero attached hydrogens (tertiary/aromatic N) is 2. The number of carbonyl (C=O) groups is 1. The predicted molar refractivity (Wildman–Crippen MR) is 80.2 cm³/mol. The van der Waals surface area contributed by atoms with Gasteiger partial charge in [-0.2, -0.15) is 0 Å². The molecule has 1 aromatic carbocycles. The number of aromatic nitrogens is 1. The standard InChI is InChI=1S/C16H19N3O/c1-3-19(11-15-6-4-5-7-18-15)16(20)13-8-12(2)9-14(17)10-13/h4-10H,3,11,17H2,1-2H3. The molecule has 0 saturated carbocycles. The van der Waals surface area contributed by atoms with Crippen molar-refractivity contribution in [1.82, 2.24) is 9.88 Å². The van der Waals surface area contributed by atoms with Crippen molar-refractivity contribution in [2.24, 2.45) is 0 Å². The maximum Gasteiger partial charge on any atom is 0.254 e. The van der Waals surface area contributed by atoms with E-state index in [4.69, 9.17) is 5.73 Å². The van der Waals surface area contributed by atoms with E-state index in [-0.39, 0.29) is 5.91 Å². The summed E-state index contributed by atoms with van der Waals surface area (Å²) in [5, 5.41) is 0. The van der Waals surface area contributed by atoms with E-state index in [1.807, 2.05) is 44.2 Å². The minimum Gasteiger partial charge on any atom is -0.399 e. The molecular weight excluding hydrogens is 250 g/mol. The van der Waals surface area contributed by atoms with Crippen LogP contribution in [0.3, 0.4) is 0 Å². The highest BCUT2D eigenvalue weighted by atomic mass is 16.2. The molecule has 104 valence electrons. The molecule has 0 bridgehead atoms. The maximum absolute atomic E-state index is 12.5. The van der Waals surface area contributed by atoms with Gasteiger partial charge in [-0.05, 0) is 49.7 Å². The van der Waals surface area contributed by atoms with Crippen LogP contribution in [-0.4, -0.2) is 22.3 Å². The highest BCUT2D eigenvalue weighted by molar-refractivity contribution is 5.95. The van der Waals surface area contributed by atoms with E-state index in [9.17, 15) is 4.79 Å². The average Bonchev–Trinajstić information content (AvgIpc) is 2.44. The lowest BCUT2D eigenvalue weighted by Crippen LogP contribution is -2.30. The summed E-state index contributed by atoms with van der Waals surface area (Å²) in [5.41, 5.74) is 8.91. The lowest BCUT2D eigenvalue weighted by atomic mass is 10.1. The summed E-state index contributed by atoms with van der Waals surface area (Å²) in [6.07, 6.45) is 1.73. The van der Waals surface area contributed by atoms with Gasteiger partial charge in [0.2, 0.25) is 0 Å². The minimum absolute atomic E-state index is 0.0199. The zero-order chi connectivity index (χ0) is 14.5. The topological polar surface area (TPSA) is 59.2 Å². The Balaban J connectivity index is 2.20. The van der Waals surface area contributed by atoms with Crippen molar-refractivity contribution < 1.29 is 4.79 Å². The van der Waals surface area contributed by atoms with E-state index in [1.54, 1.807) is 17.2 Å². The molecule has 0 aliphatic carbocycles. The van der Waals surface area contributed by atoms with Crippen molar-refractivity contribution in [2.45, 2.75) is 20.4 Å². The zero-order valence-corrected chi connectivity index (χ0v) is 11.8. The Bertz CT molecular complexity index is 576. The van der Waals surface area contributed by atoms with Crippen molar-refractivity contribution in [3.63, 3.8) is 0 Å². The summed E-state index contributed by atoms with van der Waals surface area (Å²) in [7, 11) is 0. The van der Waals surface area contributed by atoms with Crippen LogP contribution in [0.1, 0.15) is 28.5 Å². The average molecular weight is 269 g/mol. The van der Waals surface area contributed by atoms with Gasteiger partial charge in [0.25, 0.3) is 5.91 Å². The molecule has 4 heteroatoms. The molecule has 4 nitrogen and oxygen atoms in total. The molecule has 0 fully saturated rings. The fourth-order valence-corrected chi connectivity index (χ4v) is 2.13. The molecule has 0 atom stereocenters. The first kappa shape index (κ1) is 14.1. The number of carbonyl (C=O) groups excluding carboxylic acids is 1. The van der Waals surface area contributed by atoms with Crippen LogP contribution in [-0.2, 0) is 6.54 Å². The number of hydrogen-bond acceptors (Lipinski definition) is 3. The van der Waals surface area contributed by atoms with Gasteiger partial charge in [0.15, 0.2) is 0 Å². The van der Waals surface area contributed by atoms with Crippen LogP contribution in [0.2, 0.25) is 0 Å². The van der Waals surface area contributed by atoms with Gasteiger partial charge in [0.1, 0.15) is 0 Å². The van der Waals surface area contributed by atoms with E-state index in [0.29, 0.717) is 24.3 Å². The molecule has 2 rings (SSSR count). The van der Waals surface area contributed by atoms with Gasteiger partial charge in [-0.25, -0.2) is 0 Å². The Morgan fingerprint density at radius 1 is 1.30 bits per heavy atom. The number of benzene rings is 1. The first-order valence-corrected chi connectivity index (χ1v) is 6.66. The number of hydrogen-bond donors (Lipinski definition) is 1. The third-order valence-electron chi connectivity index (χ3n) is 3.09. The summed E-state index contributed by atoms with van der Waals surface area (Å²) >= 11 is 0. The molecule has 0 aliphatic rings. The van der Waals surface area contributed by atoms with Gasteiger partial charge >= 0.3 is 0 Å². The Morgan fingerprint density at radius 3 is 2.70 bits per heavy atom. The molecule has 1 aromatic heterocycles. The third-order valence-corrected chi connectivity index (χ3v) is 3.09. The quantitative estimate of drug-likeness (QED) is 0.868. The van der Waals surface area contributed by atoms with Crippen LogP contribution in [0.15, 0.2) is 42.6 Å². The van der Waals surface area contributed by atoms with Gasteiger partial charge in [-0.3, -0.25) is 9.78 Å². The largest absolute Gasteiger partial charge is 0.399 e. The second-order valence-corrected chi connectivity index (χ2v) is 4.77. The van der Waals surface area contributed by atoms with Crippen LogP contribution >= 0.6 is 0 Å². The van der Waals surface area contributed by atoms with Crippen LogP contribution in [0.25, 0.3) is 0 Å². The second kappa shape index (κ2) is 6.19. The smallest absolute Gasteiger partial charge is 0.254 e. The van der Waals surface area contributed by atoms with Gasteiger partial charge in [0.05, 0.1) is 12.2 Å². The molecule has 2 aromatic rings. The Morgan fingerprint density at radius 2 is 2.10 bits per heavy atom. The fraction of sp³-hybridized carbons (Fsp3) is 0.250. The summed E-state index contributed by atoms with van der Waals surface area (Å²) < 4.78 is 0. The van der Waals surface area contributed by atoms with Crippen LogP contribution in [0.4, 0.5) is 5.69 Å². The molecule has 0 saturated heterocycles. The van der Waals surface area contributed by atoms with E-state index >= 15 is 0 Å². The minimum atomic E-state index is -0.0199. The molecule has 0 unspecified atom stereocenters. The maximum atomic E-state index is 12.5. The van der Waals surface area contributed by atoms with Crippen LogP contribution < -0.4 is 5.73 Å². The first-order valence-electron chi connectivity index (χ1n) is 6.66. The molecular formula is C16H19N3O. The summed E-state index contributed by atoms with van der Waals surface area (Å²) in [6, 6.07) is 11.1. The monoisotopic (exact) mass is 269 g/mol. The first-order chi connectivity index (χ1) is 9.60. The normalized spacial score (nSPS) is 10.3. The van der Waals surface area contributed by atoms with E-state index in [2.05, 4.69) is 4.98 Å².